The molecule has 0 radical (unpaired) electrons. The molecule has 0 spiro atoms. The van der Waals surface area contributed by atoms with Gasteiger partial charge in [0.15, 0.2) is 0 Å². The minimum atomic E-state index is 0.424. The van der Waals surface area contributed by atoms with Crippen LogP contribution in [0.5, 0.6) is 0 Å². The average molecular weight is 241 g/mol. The highest BCUT2D eigenvalue weighted by Gasteiger charge is 2.21. The van der Waals surface area contributed by atoms with Crippen LogP contribution in [0, 0.1) is 6.92 Å². The van der Waals surface area contributed by atoms with Crippen molar-refractivity contribution in [2.24, 2.45) is 0 Å². The molecule has 3 heteroatoms. The van der Waals surface area contributed by atoms with Gasteiger partial charge in [0, 0.05) is 12.7 Å². The molecule has 0 amide bonds. The molecule has 1 aromatic heterocycles. The largest absolute Gasteiger partial charge is 0.356 e. The van der Waals surface area contributed by atoms with Crippen molar-refractivity contribution in [1.82, 2.24) is 9.55 Å². The summed E-state index contributed by atoms with van der Waals surface area (Å²) in [7, 11) is 0. The van der Waals surface area contributed by atoms with E-state index in [4.69, 9.17) is 0 Å². The lowest BCUT2D eigenvalue weighted by atomic mass is 10.0. The SMILES string of the molecule is CCc1ccc(C2CCNc3nc(C)cn32)cc1. The molecule has 1 aliphatic heterocycles. The summed E-state index contributed by atoms with van der Waals surface area (Å²) in [4.78, 5) is 4.51. The van der Waals surface area contributed by atoms with Gasteiger partial charge in [0.2, 0.25) is 5.95 Å². The van der Waals surface area contributed by atoms with E-state index in [0.717, 1.165) is 31.0 Å². The van der Waals surface area contributed by atoms with Crippen molar-refractivity contribution in [3.63, 3.8) is 0 Å². The Kier molecular flexibility index (Phi) is 2.82. The fourth-order valence-corrected chi connectivity index (χ4v) is 2.65. The van der Waals surface area contributed by atoms with E-state index in [2.05, 4.69) is 52.3 Å². The summed E-state index contributed by atoms with van der Waals surface area (Å²) in [6, 6.07) is 9.41. The van der Waals surface area contributed by atoms with E-state index >= 15 is 0 Å². The van der Waals surface area contributed by atoms with Gasteiger partial charge in [-0.3, -0.25) is 0 Å². The number of aromatic nitrogens is 2. The van der Waals surface area contributed by atoms with E-state index in [9.17, 15) is 0 Å². The van der Waals surface area contributed by atoms with Crippen LogP contribution >= 0.6 is 0 Å². The van der Waals surface area contributed by atoms with Crippen LogP contribution in [0.15, 0.2) is 30.5 Å². The van der Waals surface area contributed by atoms with E-state index in [0.29, 0.717) is 6.04 Å². The van der Waals surface area contributed by atoms with Crippen molar-refractivity contribution in [3.8, 4) is 0 Å². The predicted octanol–water partition coefficient (Wildman–Crippen LogP) is 3.16. The second kappa shape index (κ2) is 4.48. The molecule has 18 heavy (non-hydrogen) atoms. The quantitative estimate of drug-likeness (QED) is 0.875. The Morgan fingerprint density at radius 3 is 2.83 bits per heavy atom. The van der Waals surface area contributed by atoms with Crippen molar-refractivity contribution in [2.45, 2.75) is 32.7 Å². The number of nitrogens with one attached hydrogen (secondary N) is 1. The molecule has 1 unspecified atom stereocenters. The number of aryl methyl sites for hydroxylation is 2. The highest BCUT2D eigenvalue weighted by atomic mass is 15.2. The molecule has 0 aliphatic carbocycles. The van der Waals surface area contributed by atoms with Crippen LogP contribution < -0.4 is 5.32 Å². The van der Waals surface area contributed by atoms with Gasteiger partial charge < -0.3 is 9.88 Å². The molecule has 0 saturated heterocycles. The van der Waals surface area contributed by atoms with Gasteiger partial charge in [0.1, 0.15) is 0 Å². The predicted molar refractivity (Wildman–Crippen MR) is 74.0 cm³/mol. The average Bonchev–Trinajstić information content (AvgIpc) is 2.79. The van der Waals surface area contributed by atoms with Gasteiger partial charge >= 0.3 is 0 Å². The van der Waals surface area contributed by atoms with Gasteiger partial charge in [-0.15, -0.1) is 0 Å². The van der Waals surface area contributed by atoms with Crippen molar-refractivity contribution in [2.75, 3.05) is 11.9 Å². The van der Waals surface area contributed by atoms with Gasteiger partial charge in [-0.1, -0.05) is 31.2 Å². The normalized spacial score (nSPS) is 18.2. The fraction of sp³-hybridized carbons (Fsp3) is 0.400. The van der Waals surface area contributed by atoms with Crippen LogP contribution in [0.25, 0.3) is 0 Å². The number of nitrogens with zero attached hydrogens (tertiary/aromatic N) is 2. The van der Waals surface area contributed by atoms with Crippen LogP contribution in [-0.4, -0.2) is 16.1 Å². The number of hydrogen-bond acceptors (Lipinski definition) is 2. The summed E-state index contributed by atoms with van der Waals surface area (Å²) in [5, 5.41) is 3.36. The van der Waals surface area contributed by atoms with E-state index in [-0.39, 0.29) is 0 Å². The lowest BCUT2D eigenvalue weighted by molar-refractivity contribution is 0.530. The number of hydrogen-bond donors (Lipinski definition) is 1. The number of anilines is 1. The Hall–Kier alpha value is -1.77. The summed E-state index contributed by atoms with van der Waals surface area (Å²) in [5.41, 5.74) is 3.86. The minimum absolute atomic E-state index is 0.424. The third-order valence-electron chi connectivity index (χ3n) is 3.66. The smallest absolute Gasteiger partial charge is 0.203 e. The van der Waals surface area contributed by atoms with Crippen LogP contribution in [-0.2, 0) is 6.42 Å². The molecular weight excluding hydrogens is 222 g/mol. The number of imidazole rings is 1. The van der Waals surface area contributed by atoms with Crippen molar-refractivity contribution >= 4 is 5.95 Å². The van der Waals surface area contributed by atoms with Gasteiger partial charge in [-0.25, -0.2) is 4.98 Å². The fourth-order valence-electron chi connectivity index (χ4n) is 2.65. The summed E-state index contributed by atoms with van der Waals surface area (Å²) in [6.07, 6.45) is 4.36. The maximum Gasteiger partial charge on any atom is 0.203 e. The molecule has 0 saturated carbocycles. The molecule has 1 aliphatic rings. The Balaban J connectivity index is 1.97. The highest BCUT2D eigenvalue weighted by molar-refractivity contribution is 5.36. The van der Waals surface area contributed by atoms with Crippen molar-refractivity contribution in [3.05, 3.63) is 47.3 Å². The van der Waals surface area contributed by atoms with Gasteiger partial charge in [-0.05, 0) is 30.9 Å². The number of fused-ring (bicyclic) bond motifs is 1. The zero-order valence-corrected chi connectivity index (χ0v) is 11.0. The van der Waals surface area contributed by atoms with E-state index in [1.807, 2.05) is 6.92 Å². The van der Waals surface area contributed by atoms with E-state index in [1.54, 1.807) is 0 Å². The lowest BCUT2D eigenvalue weighted by Gasteiger charge is -2.26. The molecule has 3 nitrogen and oxygen atoms in total. The van der Waals surface area contributed by atoms with Crippen molar-refractivity contribution < 1.29 is 0 Å². The zero-order valence-electron chi connectivity index (χ0n) is 11.0. The Morgan fingerprint density at radius 1 is 1.33 bits per heavy atom. The van der Waals surface area contributed by atoms with Crippen molar-refractivity contribution in [1.29, 1.82) is 0 Å². The van der Waals surface area contributed by atoms with Gasteiger partial charge in [-0.2, -0.15) is 0 Å². The first-order chi connectivity index (χ1) is 8.78. The Morgan fingerprint density at radius 2 is 2.11 bits per heavy atom. The second-order valence-electron chi connectivity index (χ2n) is 4.94. The molecule has 3 rings (SSSR count). The third-order valence-corrected chi connectivity index (χ3v) is 3.66. The summed E-state index contributed by atoms with van der Waals surface area (Å²) < 4.78 is 2.26. The summed E-state index contributed by atoms with van der Waals surface area (Å²) >= 11 is 0. The molecule has 94 valence electrons. The number of benzene rings is 1. The molecule has 1 aromatic carbocycles. The standard InChI is InChI=1S/C15H19N3/c1-3-12-4-6-13(7-5-12)14-8-9-16-15-17-11(2)10-18(14)15/h4-7,10,14H,3,8-9H2,1-2H3,(H,16,17). The molecule has 0 bridgehead atoms. The monoisotopic (exact) mass is 241 g/mol. The first-order valence-electron chi connectivity index (χ1n) is 6.66. The molecule has 0 fully saturated rings. The maximum absolute atomic E-state index is 4.51. The van der Waals surface area contributed by atoms with E-state index in [1.165, 1.54) is 11.1 Å². The maximum atomic E-state index is 4.51. The lowest BCUT2D eigenvalue weighted by Crippen LogP contribution is -2.23. The topological polar surface area (TPSA) is 29.9 Å². The zero-order chi connectivity index (χ0) is 12.5. The van der Waals surface area contributed by atoms with Crippen LogP contribution in [0.1, 0.15) is 36.2 Å². The Bertz CT molecular complexity index is 539. The Labute approximate surface area is 108 Å². The second-order valence-corrected chi connectivity index (χ2v) is 4.94. The summed E-state index contributed by atoms with van der Waals surface area (Å²) in [5.74, 6) is 1.00. The molecular formula is C15H19N3. The summed E-state index contributed by atoms with van der Waals surface area (Å²) in [6.45, 7) is 5.23. The molecule has 1 atom stereocenters. The van der Waals surface area contributed by atoms with Crippen LogP contribution in [0.4, 0.5) is 5.95 Å². The van der Waals surface area contributed by atoms with E-state index < -0.39 is 0 Å². The van der Waals surface area contributed by atoms with Gasteiger partial charge in [0.25, 0.3) is 0 Å². The number of rotatable bonds is 2. The first kappa shape index (κ1) is 11.3. The minimum Gasteiger partial charge on any atom is -0.356 e. The van der Waals surface area contributed by atoms with Crippen LogP contribution in [0.2, 0.25) is 0 Å². The highest BCUT2D eigenvalue weighted by Crippen LogP contribution is 2.29. The molecule has 1 N–H and O–H groups in total. The van der Waals surface area contributed by atoms with Gasteiger partial charge in [0.05, 0.1) is 11.7 Å². The molecule has 2 heterocycles. The third kappa shape index (κ3) is 1.90. The van der Waals surface area contributed by atoms with Crippen LogP contribution in [0.3, 0.4) is 0 Å². The molecule has 2 aromatic rings. The first-order valence-corrected chi connectivity index (χ1v) is 6.66.